The highest BCUT2D eigenvalue weighted by molar-refractivity contribution is 7.45. The van der Waals surface area contributed by atoms with Gasteiger partial charge in [0.1, 0.15) is 19.8 Å². The van der Waals surface area contributed by atoms with Crippen molar-refractivity contribution in [3.8, 4) is 0 Å². The number of esters is 2. The van der Waals surface area contributed by atoms with Gasteiger partial charge in [0.2, 0.25) is 0 Å². The Morgan fingerprint density at radius 3 is 1.05 bits per heavy atom. The molecule has 0 aliphatic rings. The topological polar surface area (TPSA) is 111 Å². The minimum Gasteiger partial charge on any atom is -0.756 e. The summed E-state index contributed by atoms with van der Waals surface area (Å²) >= 11 is 0. The number of ether oxygens (including phenoxy) is 2. The highest BCUT2D eigenvalue weighted by Gasteiger charge is 2.22. The number of unbranched alkanes of at least 4 members (excludes halogenated alkanes) is 39. The molecule has 77 heavy (non-hydrogen) atoms. The summed E-state index contributed by atoms with van der Waals surface area (Å²) in [7, 11) is 1.17. The van der Waals surface area contributed by atoms with Crippen LogP contribution >= 0.6 is 7.82 Å². The average Bonchev–Trinajstić information content (AvgIpc) is 3.39. The summed E-state index contributed by atoms with van der Waals surface area (Å²) in [5, 5.41) is 0. The summed E-state index contributed by atoms with van der Waals surface area (Å²) in [5.74, 6) is -0.830. The molecule has 0 aromatic rings. The molecule has 0 spiro atoms. The van der Waals surface area contributed by atoms with Gasteiger partial charge in [-0.3, -0.25) is 14.2 Å². The molecule has 0 aromatic heterocycles. The molecule has 0 aromatic carbocycles. The number of phosphoric ester groups is 1. The second kappa shape index (κ2) is 58.6. The fourth-order valence-electron chi connectivity index (χ4n) is 9.48. The smallest absolute Gasteiger partial charge is 0.306 e. The standard InChI is InChI=1S/C67H126NO8P/c1-6-8-10-12-14-16-18-20-22-23-24-25-26-27-28-29-30-31-32-33-34-35-36-37-38-39-40-41-42-43-44-45-46-48-50-52-54-56-58-60-67(70)76-65(64-75-77(71,72)74-62-61-68(3,4)5)63-73-66(69)59-57-55-53-51-49-47-21-19-17-15-13-11-9-7-2/h18-21,23-24,26-27,65H,6-17,22,25,28-64H2,1-5H3/b20-18-,21-19-,24-23-,27-26-. The Balaban J connectivity index is 3.89. The van der Waals surface area contributed by atoms with Gasteiger partial charge in [-0.2, -0.15) is 0 Å². The van der Waals surface area contributed by atoms with E-state index in [1.807, 2.05) is 21.1 Å². The lowest BCUT2D eigenvalue weighted by molar-refractivity contribution is -0.870. The van der Waals surface area contributed by atoms with Gasteiger partial charge in [-0.15, -0.1) is 0 Å². The summed E-state index contributed by atoms with van der Waals surface area (Å²) in [5.41, 5.74) is 0. The minimum absolute atomic E-state index is 0.0304. The van der Waals surface area contributed by atoms with Gasteiger partial charge in [-0.25, -0.2) is 0 Å². The number of nitrogens with zero attached hydrogens (tertiary/aromatic N) is 1. The highest BCUT2D eigenvalue weighted by atomic mass is 31.2. The van der Waals surface area contributed by atoms with Gasteiger partial charge in [0.25, 0.3) is 7.82 Å². The first kappa shape index (κ1) is 75.0. The van der Waals surface area contributed by atoms with E-state index in [4.69, 9.17) is 18.5 Å². The molecule has 0 N–H and O–H groups in total. The van der Waals surface area contributed by atoms with Crippen LogP contribution in [-0.4, -0.2) is 70.0 Å². The molecule has 2 unspecified atom stereocenters. The molecule has 0 rings (SSSR count). The van der Waals surface area contributed by atoms with Crippen molar-refractivity contribution >= 4 is 19.8 Å². The number of hydrogen-bond donors (Lipinski definition) is 0. The molecule has 0 amide bonds. The van der Waals surface area contributed by atoms with Crippen LogP contribution in [0.1, 0.15) is 316 Å². The number of hydrogen-bond acceptors (Lipinski definition) is 8. The maximum atomic E-state index is 12.8. The van der Waals surface area contributed by atoms with Crippen LogP contribution in [0.15, 0.2) is 48.6 Å². The molecule has 0 bridgehead atoms. The third-order valence-electron chi connectivity index (χ3n) is 14.6. The fourth-order valence-corrected chi connectivity index (χ4v) is 10.2. The molecule has 0 saturated carbocycles. The van der Waals surface area contributed by atoms with Gasteiger partial charge < -0.3 is 27.9 Å². The average molecular weight is 1100 g/mol. The molecule has 0 saturated heterocycles. The summed E-state index contributed by atoms with van der Waals surface area (Å²) in [6.45, 7) is 4.24. The molecular weight excluding hydrogens is 978 g/mol. The molecule has 2 atom stereocenters. The molecule has 0 heterocycles. The van der Waals surface area contributed by atoms with Gasteiger partial charge in [0.15, 0.2) is 6.10 Å². The molecule has 0 aliphatic carbocycles. The Morgan fingerprint density at radius 1 is 0.403 bits per heavy atom. The quantitative estimate of drug-likeness (QED) is 0.0195. The third-order valence-corrected chi connectivity index (χ3v) is 15.5. The second-order valence-electron chi connectivity index (χ2n) is 23.5. The number of phosphoric acid groups is 1. The fraction of sp³-hybridized carbons (Fsp3) is 0.851. The Labute approximate surface area is 477 Å². The van der Waals surface area contributed by atoms with Crippen LogP contribution in [0.25, 0.3) is 0 Å². The van der Waals surface area contributed by atoms with E-state index in [9.17, 15) is 19.0 Å². The van der Waals surface area contributed by atoms with E-state index < -0.39 is 26.5 Å². The van der Waals surface area contributed by atoms with Crippen LogP contribution in [-0.2, 0) is 32.7 Å². The minimum atomic E-state index is -4.63. The molecule has 0 aliphatic heterocycles. The van der Waals surface area contributed by atoms with Crippen molar-refractivity contribution in [2.24, 2.45) is 0 Å². The van der Waals surface area contributed by atoms with Gasteiger partial charge >= 0.3 is 11.9 Å². The van der Waals surface area contributed by atoms with Crippen molar-refractivity contribution in [2.45, 2.75) is 322 Å². The molecule has 0 radical (unpaired) electrons. The Hall–Kier alpha value is -2.03. The van der Waals surface area contributed by atoms with Crippen molar-refractivity contribution in [3.63, 3.8) is 0 Å². The number of rotatable bonds is 61. The van der Waals surface area contributed by atoms with Crippen molar-refractivity contribution in [2.75, 3.05) is 47.5 Å². The van der Waals surface area contributed by atoms with Crippen LogP contribution in [0.4, 0.5) is 0 Å². The normalized spacial score (nSPS) is 13.5. The van der Waals surface area contributed by atoms with Gasteiger partial charge in [-0.05, 0) is 77.0 Å². The first-order chi connectivity index (χ1) is 37.5. The molecular formula is C67H126NO8P. The van der Waals surface area contributed by atoms with Gasteiger partial charge in [0.05, 0.1) is 27.7 Å². The van der Waals surface area contributed by atoms with Crippen LogP contribution in [0, 0.1) is 0 Å². The van der Waals surface area contributed by atoms with Crippen LogP contribution in [0.5, 0.6) is 0 Å². The van der Waals surface area contributed by atoms with Crippen molar-refractivity contribution in [1.82, 2.24) is 0 Å². The van der Waals surface area contributed by atoms with Crippen molar-refractivity contribution in [3.05, 3.63) is 48.6 Å². The zero-order chi connectivity index (χ0) is 56.3. The summed E-state index contributed by atoms with van der Waals surface area (Å²) in [6, 6.07) is 0. The first-order valence-corrected chi connectivity index (χ1v) is 34.3. The Morgan fingerprint density at radius 2 is 0.701 bits per heavy atom. The predicted molar refractivity (Wildman–Crippen MR) is 328 cm³/mol. The maximum Gasteiger partial charge on any atom is 0.306 e. The van der Waals surface area contributed by atoms with E-state index in [1.54, 1.807) is 0 Å². The molecule has 0 fully saturated rings. The lowest BCUT2D eigenvalue weighted by Crippen LogP contribution is -2.37. The molecule has 9 nitrogen and oxygen atoms in total. The number of likely N-dealkylation sites (N-methyl/N-ethyl adjacent to an activating group) is 1. The lowest BCUT2D eigenvalue weighted by Gasteiger charge is -2.28. The van der Waals surface area contributed by atoms with E-state index in [-0.39, 0.29) is 32.0 Å². The Bertz CT molecular complexity index is 1440. The van der Waals surface area contributed by atoms with Crippen molar-refractivity contribution in [1.29, 1.82) is 0 Å². The summed E-state index contributed by atoms with van der Waals surface area (Å²) < 4.78 is 34.2. The van der Waals surface area contributed by atoms with Gasteiger partial charge in [-0.1, -0.05) is 274 Å². The predicted octanol–water partition coefficient (Wildman–Crippen LogP) is 20.2. The summed E-state index contributed by atoms with van der Waals surface area (Å²) in [6.07, 6.45) is 74.9. The largest absolute Gasteiger partial charge is 0.756 e. The van der Waals surface area contributed by atoms with Crippen LogP contribution in [0.2, 0.25) is 0 Å². The number of carbonyl (C=O) groups is 2. The zero-order valence-electron chi connectivity index (χ0n) is 51.4. The van der Waals surface area contributed by atoms with E-state index >= 15 is 0 Å². The molecule has 10 heteroatoms. The second-order valence-corrected chi connectivity index (χ2v) is 24.9. The zero-order valence-corrected chi connectivity index (χ0v) is 52.3. The lowest BCUT2D eigenvalue weighted by atomic mass is 10.0. The van der Waals surface area contributed by atoms with Crippen molar-refractivity contribution < 1.29 is 42.1 Å². The molecule has 452 valence electrons. The monoisotopic (exact) mass is 1100 g/mol. The first-order valence-electron chi connectivity index (χ1n) is 32.8. The SMILES string of the molecule is CCCCCCC/C=C\C/C=C\C/C=C\CCCCCCCCCCCCCCCCCCCCCCCCCCC(=O)OC(COC(=O)CCCCCCC/C=C\CCCCCCC)COP(=O)([O-])OCC[N+](C)(C)C. The summed E-state index contributed by atoms with van der Waals surface area (Å²) in [4.78, 5) is 37.8. The third kappa shape index (κ3) is 63.0. The van der Waals surface area contributed by atoms with E-state index in [1.165, 1.54) is 218 Å². The van der Waals surface area contributed by atoms with E-state index in [0.29, 0.717) is 17.4 Å². The van der Waals surface area contributed by atoms with Crippen LogP contribution in [0.3, 0.4) is 0 Å². The van der Waals surface area contributed by atoms with Gasteiger partial charge in [0, 0.05) is 12.8 Å². The maximum absolute atomic E-state index is 12.8. The highest BCUT2D eigenvalue weighted by Crippen LogP contribution is 2.38. The Kier molecular flexibility index (Phi) is 57.1. The number of allylic oxidation sites excluding steroid dienone is 8. The van der Waals surface area contributed by atoms with E-state index in [0.717, 1.165) is 64.2 Å². The van der Waals surface area contributed by atoms with Crippen LogP contribution < -0.4 is 4.89 Å². The number of carbonyl (C=O) groups excluding carboxylic acids is 2. The van der Waals surface area contributed by atoms with E-state index in [2.05, 4.69) is 62.5 Å². The number of quaternary nitrogens is 1.